The molecule has 0 fully saturated rings. The van der Waals surface area contributed by atoms with Crippen LogP contribution in [-0.4, -0.2) is 0 Å². The van der Waals surface area contributed by atoms with E-state index in [4.69, 9.17) is 0 Å². The standard InChI is InChI=1S/C14H21/c1-4-7-9-10-11-13-14(6-3)12-8-5-2/h5,8-13H,2,4,6-7H2,1,3H3/b8-5+,10-9+,13-11+,14-12+. The second-order valence-corrected chi connectivity index (χ2v) is 3.10. The molecular formula is C14H21. The van der Waals surface area contributed by atoms with Gasteiger partial charge in [0.05, 0.1) is 0 Å². The molecule has 0 N–H and O–H groups in total. The van der Waals surface area contributed by atoms with E-state index in [2.05, 4.69) is 51.2 Å². The Morgan fingerprint density at radius 1 is 1.14 bits per heavy atom. The highest BCUT2D eigenvalue weighted by Gasteiger charge is 1.82. The molecule has 14 heavy (non-hydrogen) atoms. The van der Waals surface area contributed by atoms with Crippen molar-refractivity contribution in [2.45, 2.75) is 33.1 Å². The first kappa shape index (κ1) is 13.0. The molecule has 0 spiro atoms. The maximum atomic E-state index is 3.65. The number of allylic oxidation sites excluding steroid dienone is 8. The summed E-state index contributed by atoms with van der Waals surface area (Å²) in [5.74, 6) is 0. The minimum absolute atomic E-state index is 1.06. The normalized spacial score (nSPS) is 13.8. The van der Waals surface area contributed by atoms with E-state index >= 15 is 0 Å². The van der Waals surface area contributed by atoms with Gasteiger partial charge in [0.25, 0.3) is 0 Å². The molecule has 0 heteroatoms. The number of unbranched alkanes of at least 4 members (excludes halogenated alkanes) is 1. The van der Waals surface area contributed by atoms with Crippen molar-refractivity contribution < 1.29 is 0 Å². The van der Waals surface area contributed by atoms with Crippen molar-refractivity contribution in [1.29, 1.82) is 0 Å². The quantitative estimate of drug-likeness (QED) is 0.535. The third-order valence-corrected chi connectivity index (χ3v) is 1.87. The van der Waals surface area contributed by atoms with Crippen LogP contribution in [-0.2, 0) is 0 Å². The summed E-state index contributed by atoms with van der Waals surface area (Å²) in [6.07, 6.45) is 17.9. The van der Waals surface area contributed by atoms with Crippen LogP contribution in [0.4, 0.5) is 0 Å². The van der Waals surface area contributed by atoms with Crippen molar-refractivity contribution >= 4 is 0 Å². The first-order valence-electron chi connectivity index (χ1n) is 5.33. The van der Waals surface area contributed by atoms with E-state index in [-0.39, 0.29) is 0 Å². The third-order valence-electron chi connectivity index (χ3n) is 1.87. The van der Waals surface area contributed by atoms with Crippen molar-refractivity contribution in [3.8, 4) is 0 Å². The second kappa shape index (κ2) is 10.0. The zero-order valence-electron chi connectivity index (χ0n) is 9.37. The SMILES string of the molecule is [CH2]/C=C/C=C(/C=C/C=C/CCC)CC. The Bertz CT molecular complexity index is 226. The van der Waals surface area contributed by atoms with E-state index in [1.807, 2.05) is 6.08 Å². The van der Waals surface area contributed by atoms with E-state index in [0.29, 0.717) is 0 Å². The molecule has 1 radical (unpaired) electrons. The van der Waals surface area contributed by atoms with Crippen LogP contribution in [0.5, 0.6) is 0 Å². The summed E-state index contributed by atoms with van der Waals surface area (Å²) in [4.78, 5) is 0. The lowest BCUT2D eigenvalue weighted by molar-refractivity contribution is 0.959. The van der Waals surface area contributed by atoms with Gasteiger partial charge in [-0.2, -0.15) is 0 Å². The van der Waals surface area contributed by atoms with Gasteiger partial charge in [-0.1, -0.05) is 62.8 Å². The molecule has 0 aliphatic heterocycles. The smallest absolute Gasteiger partial charge is 0.0307 e. The Labute approximate surface area is 88.7 Å². The van der Waals surface area contributed by atoms with Gasteiger partial charge in [-0.05, 0) is 25.3 Å². The summed E-state index contributed by atoms with van der Waals surface area (Å²) in [5, 5.41) is 0. The Morgan fingerprint density at radius 3 is 2.50 bits per heavy atom. The van der Waals surface area contributed by atoms with E-state index < -0.39 is 0 Å². The fourth-order valence-electron chi connectivity index (χ4n) is 1.00. The van der Waals surface area contributed by atoms with E-state index in [1.165, 1.54) is 12.0 Å². The van der Waals surface area contributed by atoms with Crippen LogP contribution in [0.15, 0.2) is 48.1 Å². The fourth-order valence-corrected chi connectivity index (χ4v) is 1.00. The van der Waals surface area contributed by atoms with Gasteiger partial charge >= 0.3 is 0 Å². The first-order valence-corrected chi connectivity index (χ1v) is 5.33. The molecule has 0 aromatic carbocycles. The summed E-state index contributed by atoms with van der Waals surface area (Å²) < 4.78 is 0. The van der Waals surface area contributed by atoms with E-state index in [1.54, 1.807) is 6.08 Å². The van der Waals surface area contributed by atoms with Crippen molar-refractivity contribution in [2.24, 2.45) is 0 Å². The van der Waals surface area contributed by atoms with Gasteiger partial charge < -0.3 is 0 Å². The number of hydrogen-bond acceptors (Lipinski definition) is 0. The molecule has 0 aliphatic carbocycles. The Kier molecular flexibility index (Phi) is 9.30. The van der Waals surface area contributed by atoms with Crippen molar-refractivity contribution in [1.82, 2.24) is 0 Å². The number of hydrogen-bond donors (Lipinski definition) is 0. The topological polar surface area (TPSA) is 0 Å². The lowest BCUT2D eigenvalue weighted by Gasteiger charge is -1.92. The highest BCUT2D eigenvalue weighted by atomic mass is 13.9. The average Bonchev–Trinajstić information content (AvgIpc) is 2.22. The van der Waals surface area contributed by atoms with Crippen LogP contribution in [0.25, 0.3) is 0 Å². The highest BCUT2D eigenvalue weighted by Crippen LogP contribution is 2.03. The molecule has 0 aromatic rings. The predicted octanol–water partition coefficient (Wildman–Crippen LogP) is 4.63. The van der Waals surface area contributed by atoms with Gasteiger partial charge in [0.15, 0.2) is 0 Å². The van der Waals surface area contributed by atoms with E-state index in [9.17, 15) is 0 Å². The predicted molar refractivity (Wildman–Crippen MR) is 66.1 cm³/mol. The zero-order chi connectivity index (χ0) is 10.6. The van der Waals surface area contributed by atoms with Gasteiger partial charge in [0.2, 0.25) is 0 Å². The van der Waals surface area contributed by atoms with Gasteiger partial charge in [-0.3, -0.25) is 0 Å². The van der Waals surface area contributed by atoms with Gasteiger partial charge in [-0.25, -0.2) is 0 Å². The molecule has 0 heterocycles. The Morgan fingerprint density at radius 2 is 1.93 bits per heavy atom. The minimum atomic E-state index is 1.06. The molecule has 0 bridgehead atoms. The molecule has 0 saturated carbocycles. The molecule has 0 aromatic heterocycles. The third kappa shape index (κ3) is 7.60. The van der Waals surface area contributed by atoms with Crippen molar-refractivity contribution in [3.05, 3.63) is 55.0 Å². The maximum Gasteiger partial charge on any atom is -0.0307 e. The van der Waals surface area contributed by atoms with Gasteiger partial charge in [-0.15, -0.1) is 0 Å². The molecule has 77 valence electrons. The highest BCUT2D eigenvalue weighted by molar-refractivity contribution is 5.26. The van der Waals surface area contributed by atoms with Crippen molar-refractivity contribution in [2.75, 3.05) is 0 Å². The first-order chi connectivity index (χ1) is 6.85. The maximum absolute atomic E-state index is 3.65. The molecule has 0 aliphatic rings. The molecule has 0 nitrogen and oxygen atoms in total. The molecule has 0 saturated heterocycles. The molecule has 0 unspecified atom stereocenters. The van der Waals surface area contributed by atoms with Crippen LogP contribution in [0.3, 0.4) is 0 Å². The lowest BCUT2D eigenvalue weighted by Crippen LogP contribution is -1.72. The van der Waals surface area contributed by atoms with Crippen molar-refractivity contribution in [3.63, 3.8) is 0 Å². The largest absolute Gasteiger partial charge is 0.0845 e. The summed E-state index contributed by atoms with van der Waals surface area (Å²) in [6, 6.07) is 0. The fraction of sp³-hybridized carbons (Fsp3) is 0.357. The lowest BCUT2D eigenvalue weighted by atomic mass is 10.1. The monoisotopic (exact) mass is 189 g/mol. The molecule has 0 atom stereocenters. The average molecular weight is 189 g/mol. The number of rotatable bonds is 6. The Balaban J connectivity index is 4.04. The van der Waals surface area contributed by atoms with Gasteiger partial charge in [0.1, 0.15) is 0 Å². The van der Waals surface area contributed by atoms with Crippen LogP contribution >= 0.6 is 0 Å². The van der Waals surface area contributed by atoms with Crippen LogP contribution in [0.2, 0.25) is 0 Å². The van der Waals surface area contributed by atoms with Crippen LogP contribution < -0.4 is 0 Å². The molecule has 0 amide bonds. The molecular weight excluding hydrogens is 168 g/mol. The van der Waals surface area contributed by atoms with Crippen LogP contribution in [0, 0.1) is 6.92 Å². The minimum Gasteiger partial charge on any atom is -0.0845 e. The molecule has 0 rings (SSSR count). The van der Waals surface area contributed by atoms with Gasteiger partial charge in [0, 0.05) is 0 Å². The van der Waals surface area contributed by atoms with Crippen LogP contribution in [0.1, 0.15) is 33.1 Å². The zero-order valence-corrected chi connectivity index (χ0v) is 9.37. The second-order valence-electron chi connectivity index (χ2n) is 3.10. The summed E-state index contributed by atoms with van der Waals surface area (Å²) >= 11 is 0. The van der Waals surface area contributed by atoms with E-state index in [0.717, 1.165) is 12.8 Å². The summed E-state index contributed by atoms with van der Waals surface area (Å²) in [6.45, 7) is 7.99. The summed E-state index contributed by atoms with van der Waals surface area (Å²) in [7, 11) is 0. The summed E-state index contributed by atoms with van der Waals surface area (Å²) in [5.41, 5.74) is 1.33. The Hall–Kier alpha value is -1.04.